The number of ketones is 1. The Morgan fingerprint density at radius 3 is 2.64 bits per heavy atom. The van der Waals surface area contributed by atoms with Crippen LogP contribution in [0, 0.1) is 6.92 Å². The SMILES string of the molecule is C=CC[C@@H]1O[C@H]2[C@H](n3cc(C)c(=O)n(COCc4ccccc4)c3=O)O[C@]1(C(C)=O)[C@H]2OC. The van der Waals surface area contributed by atoms with Gasteiger partial charge in [-0.05, 0) is 25.8 Å². The molecule has 2 aliphatic heterocycles. The van der Waals surface area contributed by atoms with Crippen molar-refractivity contribution in [1.82, 2.24) is 9.13 Å². The van der Waals surface area contributed by atoms with E-state index in [9.17, 15) is 14.4 Å². The smallest absolute Gasteiger partial charge is 0.335 e. The number of aromatic nitrogens is 2. The van der Waals surface area contributed by atoms with E-state index in [-0.39, 0.29) is 19.1 Å². The Morgan fingerprint density at radius 2 is 2.00 bits per heavy atom. The molecule has 1 aromatic heterocycles. The molecule has 2 saturated heterocycles. The van der Waals surface area contributed by atoms with Crippen molar-refractivity contribution in [1.29, 1.82) is 0 Å². The Bertz CT molecular complexity index is 1160. The molecule has 2 bridgehead atoms. The van der Waals surface area contributed by atoms with E-state index in [1.165, 1.54) is 24.8 Å². The summed E-state index contributed by atoms with van der Waals surface area (Å²) in [7, 11) is 1.48. The van der Waals surface area contributed by atoms with Gasteiger partial charge in [0.1, 0.15) is 25.0 Å². The molecule has 9 heteroatoms. The number of ether oxygens (including phenoxy) is 4. The summed E-state index contributed by atoms with van der Waals surface area (Å²) >= 11 is 0. The molecule has 0 unspecified atom stereocenters. The highest BCUT2D eigenvalue weighted by Gasteiger charge is 2.70. The van der Waals surface area contributed by atoms with Crippen LogP contribution in [0.3, 0.4) is 0 Å². The van der Waals surface area contributed by atoms with Crippen LogP contribution in [-0.4, -0.2) is 45.9 Å². The molecule has 1 aromatic carbocycles. The van der Waals surface area contributed by atoms with Gasteiger partial charge in [0, 0.05) is 18.9 Å². The lowest BCUT2D eigenvalue weighted by Gasteiger charge is -2.36. The average molecular weight is 456 g/mol. The first-order valence-corrected chi connectivity index (χ1v) is 10.8. The van der Waals surface area contributed by atoms with Gasteiger partial charge in [-0.15, -0.1) is 6.58 Å². The third-order valence-electron chi connectivity index (χ3n) is 6.28. The molecule has 0 saturated carbocycles. The maximum Gasteiger partial charge on any atom is 0.335 e. The number of fused-ring (bicyclic) bond motifs is 2. The van der Waals surface area contributed by atoms with Gasteiger partial charge in [-0.1, -0.05) is 36.4 Å². The van der Waals surface area contributed by atoms with Crippen LogP contribution < -0.4 is 11.2 Å². The summed E-state index contributed by atoms with van der Waals surface area (Å²) in [5.41, 5.74) is -1.19. The van der Waals surface area contributed by atoms with Crippen LogP contribution in [0.25, 0.3) is 0 Å². The molecule has 176 valence electrons. The summed E-state index contributed by atoms with van der Waals surface area (Å²) in [6.07, 6.45) is 0.549. The van der Waals surface area contributed by atoms with Crippen molar-refractivity contribution in [2.24, 2.45) is 0 Å². The van der Waals surface area contributed by atoms with Crippen LogP contribution in [0.2, 0.25) is 0 Å². The topological polar surface area (TPSA) is 98.0 Å². The molecule has 0 amide bonds. The predicted molar refractivity (Wildman–Crippen MR) is 119 cm³/mol. The Kier molecular flexibility index (Phi) is 6.49. The van der Waals surface area contributed by atoms with E-state index in [2.05, 4.69) is 6.58 Å². The number of hydrogen-bond donors (Lipinski definition) is 0. The lowest BCUT2D eigenvalue weighted by atomic mass is 9.87. The Labute approximate surface area is 191 Å². The summed E-state index contributed by atoms with van der Waals surface area (Å²) in [6.45, 7) is 6.77. The maximum atomic E-state index is 13.3. The quantitative estimate of drug-likeness (QED) is 0.530. The van der Waals surface area contributed by atoms with Crippen molar-refractivity contribution in [2.45, 2.75) is 63.7 Å². The first-order chi connectivity index (χ1) is 15.8. The largest absolute Gasteiger partial charge is 0.375 e. The van der Waals surface area contributed by atoms with Crippen molar-refractivity contribution in [2.75, 3.05) is 7.11 Å². The molecule has 0 spiro atoms. The Hall–Kier alpha value is -2.85. The lowest BCUT2D eigenvalue weighted by molar-refractivity contribution is -0.210. The normalized spacial score (nSPS) is 28.2. The van der Waals surface area contributed by atoms with E-state index in [0.29, 0.717) is 12.0 Å². The number of nitrogens with zero attached hydrogens (tertiary/aromatic N) is 2. The molecule has 9 nitrogen and oxygen atoms in total. The van der Waals surface area contributed by atoms with Crippen molar-refractivity contribution < 1.29 is 23.7 Å². The minimum Gasteiger partial charge on any atom is -0.375 e. The predicted octanol–water partition coefficient (Wildman–Crippen LogP) is 1.71. The third-order valence-corrected chi connectivity index (χ3v) is 6.28. The molecule has 2 aliphatic rings. The molecule has 0 N–H and O–H groups in total. The highest BCUT2D eigenvalue weighted by Crippen LogP contribution is 2.51. The number of rotatable bonds is 9. The lowest BCUT2D eigenvalue weighted by Crippen LogP contribution is -2.54. The van der Waals surface area contributed by atoms with Crippen LogP contribution in [0.15, 0.2) is 58.8 Å². The van der Waals surface area contributed by atoms with E-state index >= 15 is 0 Å². The van der Waals surface area contributed by atoms with Crippen molar-refractivity contribution in [3.05, 3.63) is 81.1 Å². The second-order valence-electron chi connectivity index (χ2n) is 8.33. The summed E-state index contributed by atoms with van der Waals surface area (Å²) in [5.74, 6) is -0.254. The Morgan fingerprint density at radius 1 is 1.27 bits per heavy atom. The summed E-state index contributed by atoms with van der Waals surface area (Å²) < 4.78 is 25.9. The summed E-state index contributed by atoms with van der Waals surface area (Å²) in [6, 6.07) is 9.44. The molecule has 4 rings (SSSR count). The first kappa shape index (κ1) is 23.3. The number of carbonyl (C=O) groups excluding carboxylic acids is 1. The van der Waals surface area contributed by atoms with Gasteiger partial charge in [0.2, 0.25) is 0 Å². The molecule has 2 fully saturated rings. The van der Waals surface area contributed by atoms with Crippen LogP contribution in [0.5, 0.6) is 0 Å². The number of hydrogen-bond acceptors (Lipinski definition) is 7. The van der Waals surface area contributed by atoms with Crippen LogP contribution >= 0.6 is 0 Å². The van der Waals surface area contributed by atoms with Gasteiger partial charge in [0.25, 0.3) is 5.56 Å². The molecule has 2 aromatic rings. The number of methoxy groups -OCH3 is 1. The summed E-state index contributed by atoms with van der Waals surface area (Å²) in [5, 5.41) is 0. The second kappa shape index (κ2) is 9.18. The van der Waals surface area contributed by atoms with E-state index in [1.807, 2.05) is 30.3 Å². The fourth-order valence-corrected chi connectivity index (χ4v) is 4.72. The standard InChI is InChI=1S/C24H28N2O7/c1-5-9-18-24(16(3)27)20(30-4)19(32-18)22(33-24)25-12-15(2)21(28)26(23(25)29)14-31-13-17-10-7-6-8-11-17/h5-8,10-12,18-20,22H,1,9,13-14H2,2-4H3/t18-,19+,20-,22+,24-/m0/s1. The van der Waals surface area contributed by atoms with Gasteiger partial charge < -0.3 is 18.9 Å². The molecule has 3 heterocycles. The molecule has 5 atom stereocenters. The van der Waals surface area contributed by atoms with Crippen molar-refractivity contribution >= 4 is 5.78 Å². The van der Waals surface area contributed by atoms with Gasteiger partial charge in [-0.2, -0.15) is 0 Å². The van der Waals surface area contributed by atoms with Gasteiger partial charge in [-0.3, -0.25) is 14.2 Å². The maximum absolute atomic E-state index is 13.3. The van der Waals surface area contributed by atoms with E-state index in [4.69, 9.17) is 18.9 Å². The monoisotopic (exact) mass is 456 g/mol. The van der Waals surface area contributed by atoms with Crippen molar-refractivity contribution in [3.63, 3.8) is 0 Å². The molecular formula is C24H28N2O7. The van der Waals surface area contributed by atoms with Crippen LogP contribution in [-0.2, 0) is 37.1 Å². The van der Waals surface area contributed by atoms with E-state index < -0.39 is 41.4 Å². The molecule has 33 heavy (non-hydrogen) atoms. The van der Waals surface area contributed by atoms with Gasteiger partial charge in [0.15, 0.2) is 17.6 Å². The van der Waals surface area contributed by atoms with Gasteiger partial charge in [-0.25, -0.2) is 9.36 Å². The fraction of sp³-hybridized carbons (Fsp3) is 0.458. The molecule has 0 radical (unpaired) electrons. The minimum atomic E-state index is -1.36. The summed E-state index contributed by atoms with van der Waals surface area (Å²) in [4.78, 5) is 38.7. The Balaban J connectivity index is 1.66. The number of aryl methyl sites for hydroxylation is 1. The first-order valence-electron chi connectivity index (χ1n) is 10.8. The number of carbonyl (C=O) groups is 1. The number of benzene rings is 1. The van der Waals surface area contributed by atoms with Gasteiger partial charge >= 0.3 is 5.69 Å². The third kappa shape index (κ3) is 3.80. The van der Waals surface area contributed by atoms with E-state index in [1.54, 1.807) is 13.0 Å². The minimum absolute atomic E-state index is 0.225. The zero-order valence-corrected chi connectivity index (χ0v) is 18.9. The van der Waals surface area contributed by atoms with E-state index in [0.717, 1.165) is 10.1 Å². The highest BCUT2D eigenvalue weighted by atomic mass is 16.7. The van der Waals surface area contributed by atoms with Crippen LogP contribution in [0.1, 0.15) is 30.7 Å². The zero-order valence-electron chi connectivity index (χ0n) is 18.9. The zero-order chi connectivity index (χ0) is 23.8. The van der Waals surface area contributed by atoms with Gasteiger partial charge in [0.05, 0.1) is 6.61 Å². The van der Waals surface area contributed by atoms with Crippen LogP contribution in [0.4, 0.5) is 0 Å². The van der Waals surface area contributed by atoms with Crippen molar-refractivity contribution in [3.8, 4) is 0 Å². The fourth-order valence-electron chi connectivity index (χ4n) is 4.72. The number of Topliss-reactive ketones (excluding diaryl/α,β-unsaturated/α-hetero) is 1. The molecular weight excluding hydrogens is 428 g/mol. The average Bonchev–Trinajstić information content (AvgIpc) is 3.30. The molecule has 0 aliphatic carbocycles. The highest BCUT2D eigenvalue weighted by molar-refractivity contribution is 5.87. The second-order valence-corrected chi connectivity index (χ2v) is 8.33.